The van der Waals surface area contributed by atoms with E-state index >= 15 is 0 Å². The summed E-state index contributed by atoms with van der Waals surface area (Å²) in [5, 5.41) is 10.8. The molecular formula is C15H24Br2N2O2. The first-order valence-electron chi connectivity index (χ1n) is 7.50. The summed E-state index contributed by atoms with van der Waals surface area (Å²) in [5.41, 5.74) is 0. The van der Waals surface area contributed by atoms with Crippen molar-refractivity contribution in [1.82, 2.24) is 0 Å². The van der Waals surface area contributed by atoms with E-state index in [-0.39, 0.29) is 3.23 Å². The topological polar surface area (TPSA) is 81.8 Å². The largest absolute Gasteiger partial charge is 0.231 e. The van der Waals surface area contributed by atoms with Crippen molar-refractivity contribution in [2.24, 2.45) is 11.8 Å². The summed E-state index contributed by atoms with van der Waals surface area (Å²) in [6.07, 6.45) is 15.9. The molecule has 0 bridgehead atoms. The first-order valence-corrected chi connectivity index (χ1v) is 9.08. The normalized spacial score (nSPS) is 19.9. The number of nitrogens with one attached hydrogen (secondary N) is 2. The summed E-state index contributed by atoms with van der Waals surface area (Å²) < 4.78 is 0.265. The Kier molecular flexibility index (Phi) is 12.1. The number of rotatable bonds is 2. The second-order valence-corrected chi connectivity index (χ2v) is 9.24. The number of hydrogen-bond donors (Lipinski definition) is 2. The predicted molar refractivity (Wildman–Crippen MR) is 90.6 cm³/mol. The molecule has 2 aliphatic rings. The maximum atomic E-state index is 8.35. The van der Waals surface area contributed by atoms with Crippen LogP contribution in [0.5, 0.6) is 0 Å². The fraction of sp³-hybridized carbons (Fsp3) is 0.867. The van der Waals surface area contributed by atoms with Gasteiger partial charge in [-0.25, -0.2) is 20.4 Å². The van der Waals surface area contributed by atoms with Gasteiger partial charge in [-0.05, 0) is 37.5 Å². The van der Waals surface area contributed by atoms with E-state index in [4.69, 9.17) is 20.4 Å². The van der Waals surface area contributed by atoms with E-state index in [1.165, 1.54) is 64.2 Å². The summed E-state index contributed by atoms with van der Waals surface area (Å²) in [7, 11) is 0. The van der Waals surface area contributed by atoms with Gasteiger partial charge in [-0.15, -0.1) is 0 Å². The van der Waals surface area contributed by atoms with Crippen LogP contribution >= 0.6 is 31.9 Å². The van der Waals surface area contributed by atoms with Gasteiger partial charge in [0.1, 0.15) is 0 Å². The fourth-order valence-corrected chi connectivity index (χ4v) is 5.14. The van der Waals surface area contributed by atoms with Crippen LogP contribution in [0.4, 0.5) is 0 Å². The molecule has 0 aromatic heterocycles. The van der Waals surface area contributed by atoms with E-state index in [9.17, 15) is 0 Å². The maximum absolute atomic E-state index is 8.35. The van der Waals surface area contributed by atoms with Crippen LogP contribution in [0.2, 0.25) is 0 Å². The standard InChI is InChI=1S/C13H22Br2.2CHNO/c14-13(15,11-7-3-1-4-8-11)12-9-5-2-6-10-12;2*2-1-3/h11-12H,1-10H2;2*2H. The highest BCUT2D eigenvalue weighted by Gasteiger charge is 2.41. The molecule has 2 N–H and O–H groups in total. The average molecular weight is 424 g/mol. The van der Waals surface area contributed by atoms with Gasteiger partial charge in [0.05, 0.1) is 3.23 Å². The SMILES string of the molecule is BrC(Br)(C1CCCCC1)C1CCCCC1.N=C=O.N=C=O. The number of alkyl halides is 2. The zero-order valence-electron chi connectivity index (χ0n) is 12.3. The molecule has 2 saturated carbocycles. The minimum Gasteiger partial charge on any atom is -0.222 e. The molecule has 6 heteroatoms. The van der Waals surface area contributed by atoms with Crippen LogP contribution in [0.1, 0.15) is 64.2 Å². The Morgan fingerprint density at radius 2 is 0.952 bits per heavy atom. The van der Waals surface area contributed by atoms with Gasteiger partial charge < -0.3 is 0 Å². The molecule has 0 amide bonds. The maximum Gasteiger partial charge on any atom is 0.231 e. The molecule has 0 radical (unpaired) electrons. The molecule has 0 aromatic rings. The van der Waals surface area contributed by atoms with E-state index in [0.29, 0.717) is 0 Å². The average Bonchev–Trinajstić information content (AvgIpc) is 2.51. The molecule has 0 atom stereocenters. The van der Waals surface area contributed by atoms with E-state index in [0.717, 1.165) is 24.0 Å². The van der Waals surface area contributed by atoms with Crippen molar-refractivity contribution in [3.63, 3.8) is 0 Å². The van der Waals surface area contributed by atoms with Gasteiger partial charge in [0, 0.05) is 0 Å². The van der Waals surface area contributed by atoms with E-state index in [1.807, 2.05) is 0 Å². The highest BCUT2D eigenvalue weighted by molar-refractivity contribution is 9.25. The first-order chi connectivity index (χ1) is 10.0. The predicted octanol–water partition coefficient (Wildman–Crippen LogP) is 5.44. The van der Waals surface area contributed by atoms with Crippen molar-refractivity contribution in [3.8, 4) is 0 Å². The van der Waals surface area contributed by atoms with Crippen molar-refractivity contribution in [3.05, 3.63) is 0 Å². The van der Waals surface area contributed by atoms with E-state index in [2.05, 4.69) is 31.9 Å². The molecule has 0 aromatic carbocycles. The van der Waals surface area contributed by atoms with Crippen LogP contribution in [0.25, 0.3) is 0 Å². The molecule has 21 heavy (non-hydrogen) atoms. The lowest BCUT2D eigenvalue weighted by Crippen LogP contribution is -2.35. The Bertz CT molecular complexity index is 306. The van der Waals surface area contributed by atoms with E-state index < -0.39 is 0 Å². The van der Waals surface area contributed by atoms with Crippen LogP contribution in [-0.4, -0.2) is 15.4 Å². The lowest BCUT2D eigenvalue weighted by atomic mass is 9.77. The molecule has 2 fully saturated rings. The summed E-state index contributed by atoms with van der Waals surface area (Å²) in [4.78, 5) is 16.7. The highest BCUT2D eigenvalue weighted by Crippen LogP contribution is 2.51. The van der Waals surface area contributed by atoms with Crippen LogP contribution in [0, 0.1) is 22.7 Å². The monoisotopic (exact) mass is 422 g/mol. The van der Waals surface area contributed by atoms with Crippen molar-refractivity contribution in [1.29, 1.82) is 10.8 Å². The molecule has 0 heterocycles. The van der Waals surface area contributed by atoms with Gasteiger partial charge in [-0.3, -0.25) is 0 Å². The number of halogens is 2. The molecule has 4 nitrogen and oxygen atoms in total. The quantitative estimate of drug-likeness (QED) is 0.352. The third-order valence-electron chi connectivity index (χ3n) is 4.30. The van der Waals surface area contributed by atoms with Gasteiger partial charge in [0.25, 0.3) is 0 Å². The Morgan fingerprint density at radius 1 is 0.714 bits per heavy atom. The first kappa shape index (κ1) is 20.7. The van der Waals surface area contributed by atoms with Crippen LogP contribution in [0.3, 0.4) is 0 Å². The number of hydrogen-bond acceptors (Lipinski definition) is 4. The van der Waals surface area contributed by atoms with Gasteiger partial charge >= 0.3 is 0 Å². The summed E-state index contributed by atoms with van der Waals surface area (Å²) in [5.74, 6) is 1.74. The lowest BCUT2D eigenvalue weighted by molar-refractivity contribution is 0.244. The summed E-state index contributed by atoms with van der Waals surface area (Å²) in [6, 6.07) is 0. The van der Waals surface area contributed by atoms with Gasteiger partial charge in [0.2, 0.25) is 12.2 Å². The van der Waals surface area contributed by atoms with E-state index in [1.54, 1.807) is 0 Å². The third kappa shape index (κ3) is 8.06. The summed E-state index contributed by atoms with van der Waals surface area (Å²) in [6.45, 7) is 0. The molecule has 2 aliphatic carbocycles. The smallest absolute Gasteiger partial charge is 0.222 e. The highest BCUT2D eigenvalue weighted by atomic mass is 79.9. The second-order valence-electron chi connectivity index (χ2n) is 5.55. The number of carbonyl (C=O) groups excluding carboxylic acids is 2. The van der Waals surface area contributed by atoms with Crippen LogP contribution < -0.4 is 0 Å². The molecule has 0 spiro atoms. The zero-order valence-corrected chi connectivity index (χ0v) is 15.5. The third-order valence-corrected chi connectivity index (χ3v) is 6.89. The Morgan fingerprint density at radius 3 is 1.19 bits per heavy atom. The molecular weight excluding hydrogens is 400 g/mol. The molecule has 0 unspecified atom stereocenters. The molecule has 2 rings (SSSR count). The molecule has 120 valence electrons. The van der Waals surface area contributed by atoms with Gasteiger partial charge in [-0.2, -0.15) is 0 Å². The summed E-state index contributed by atoms with van der Waals surface area (Å²) >= 11 is 8.04. The van der Waals surface area contributed by atoms with Crippen molar-refractivity contribution >= 4 is 44.0 Å². The van der Waals surface area contributed by atoms with Gasteiger partial charge in [-0.1, -0.05) is 70.4 Å². The fourth-order valence-electron chi connectivity index (χ4n) is 3.31. The minimum atomic E-state index is 0.265. The Labute approximate surface area is 143 Å². The molecule has 0 aliphatic heterocycles. The molecule has 0 saturated heterocycles. The zero-order chi connectivity index (χ0) is 16.1. The van der Waals surface area contributed by atoms with Crippen LogP contribution in [0.15, 0.2) is 0 Å². The van der Waals surface area contributed by atoms with Crippen molar-refractivity contribution < 1.29 is 9.59 Å². The van der Waals surface area contributed by atoms with Crippen molar-refractivity contribution in [2.75, 3.05) is 0 Å². The van der Waals surface area contributed by atoms with Gasteiger partial charge in [0.15, 0.2) is 0 Å². The van der Waals surface area contributed by atoms with Crippen molar-refractivity contribution in [2.45, 2.75) is 67.4 Å². The lowest BCUT2D eigenvalue weighted by Gasteiger charge is -2.41. The minimum absolute atomic E-state index is 0.265. The van der Waals surface area contributed by atoms with Crippen LogP contribution in [-0.2, 0) is 9.59 Å². The number of isocyanates is 2. The Hall–Kier alpha value is -0.280. The Balaban J connectivity index is 0.000000578. The second kappa shape index (κ2) is 12.3.